The topological polar surface area (TPSA) is 31.4 Å². The molecule has 0 aliphatic rings. The molecular formula is C8H8ClF2NO2. The molecule has 3 nitrogen and oxygen atoms in total. The maximum absolute atomic E-state index is 12.3. The molecule has 0 aliphatic heterocycles. The van der Waals surface area contributed by atoms with Crippen LogP contribution in [0.2, 0.25) is 5.02 Å². The number of nitrogens with zero attached hydrogens (tertiary/aromatic N) is 1. The molecule has 0 aromatic carbocycles. The van der Waals surface area contributed by atoms with Crippen molar-refractivity contribution in [2.45, 2.75) is 6.43 Å². The van der Waals surface area contributed by atoms with Crippen molar-refractivity contribution in [3.8, 4) is 11.6 Å². The lowest BCUT2D eigenvalue weighted by atomic mass is 10.3. The first-order chi connectivity index (χ1) is 6.60. The molecule has 0 aliphatic carbocycles. The minimum absolute atomic E-state index is 0.0460. The number of pyridine rings is 1. The average molecular weight is 224 g/mol. The third-order valence-corrected chi connectivity index (χ3v) is 1.82. The molecule has 1 heterocycles. The standard InChI is InChI=1S/C8H8ClF2NO2/c1-13-6-4(9)3-5(7(10)11)12-8(6)14-2/h3,7H,1-2H3. The van der Waals surface area contributed by atoms with E-state index in [1.807, 2.05) is 0 Å². The first kappa shape index (κ1) is 11.0. The van der Waals surface area contributed by atoms with Crippen LogP contribution in [0.4, 0.5) is 8.78 Å². The summed E-state index contributed by atoms with van der Waals surface area (Å²) < 4.78 is 34.2. The molecule has 1 aromatic heterocycles. The van der Waals surface area contributed by atoms with Gasteiger partial charge in [0.2, 0.25) is 0 Å². The largest absolute Gasteiger partial charge is 0.490 e. The minimum Gasteiger partial charge on any atom is -0.490 e. The van der Waals surface area contributed by atoms with Crippen molar-refractivity contribution < 1.29 is 18.3 Å². The van der Waals surface area contributed by atoms with Crippen molar-refractivity contribution in [2.75, 3.05) is 14.2 Å². The van der Waals surface area contributed by atoms with Crippen LogP contribution in [0, 0.1) is 0 Å². The lowest BCUT2D eigenvalue weighted by Gasteiger charge is -2.09. The van der Waals surface area contributed by atoms with E-state index in [9.17, 15) is 8.78 Å². The SMILES string of the molecule is COc1nc(C(F)F)cc(Cl)c1OC. The molecule has 0 amide bonds. The maximum atomic E-state index is 12.3. The van der Waals surface area contributed by atoms with Gasteiger partial charge in [0.1, 0.15) is 5.69 Å². The number of hydrogen-bond acceptors (Lipinski definition) is 3. The highest BCUT2D eigenvalue weighted by Gasteiger charge is 2.17. The van der Waals surface area contributed by atoms with Gasteiger partial charge in [-0.2, -0.15) is 0 Å². The normalized spacial score (nSPS) is 10.4. The number of aromatic nitrogens is 1. The number of alkyl halides is 2. The van der Waals surface area contributed by atoms with Crippen molar-refractivity contribution in [2.24, 2.45) is 0 Å². The van der Waals surface area contributed by atoms with Crippen LogP contribution in [0.15, 0.2) is 6.07 Å². The van der Waals surface area contributed by atoms with Crippen LogP contribution in [-0.2, 0) is 0 Å². The number of methoxy groups -OCH3 is 2. The number of hydrogen-bond donors (Lipinski definition) is 0. The Balaban J connectivity index is 3.24. The molecule has 0 bridgehead atoms. The number of ether oxygens (including phenoxy) is 2. The van der Waals surface area contributed by atoms with E-state index in [-0.39, 0.29) is 16.7 Å². The van der Waals surface area contributed by atoms with Gasteiger partial charge in [-0.25, -0.2) is 13.8 Å². The van der Waals surface area contributed by atoms with Crippen LogP contribution in [0.25, 0.3) is 0 Å². The summed E-state index contributed by atoms with van der Waals surface area (Å²) in [6.07, 6.45) is -2.69. The average Bonchev–Trinajstić information content (AvgIpc) is 2.16. The molecule has 0 N–H and O–H groups in total. The van der Waals surface area contributed by atoms with E-state index in [1.54, 1.807) is 0 Å². The second-order valence-corrected chi connectivity index (χ2v) is 2.78. The van der Waals surface area contributed by atoms with Crippen molar-refractivity contribution in [1.82, 2.24) is 4.98 Å². The highest BCUT2D eigenvalue weighted by Crippen LogP contribution is 2.35. The van der Waals surface area contributed by atoms with Crippen LogP contribution in [0.3, 0.4) is 0 Å². The molecule has 78 valence electrons. The van der Waals surface area contributed by atoms with Gasteiger partial charge >= 0.3 is 0 Å². The number of halogens is 3. The van der Waals surface area contributed by atoms with Crippen LogP contribution < -0.4 is 9.47 Å². The van der Waals surface area contributed by atoms with E-state index in [0.717, 1.165) is 6.07 Å². The zero-order valence-electron chi connectivity index (χ0n) is 7.55. The van der Waals surface area contributed by atoms with Crippen LogP contribution in [-0.4, -0.2) is 19.2 Å². The Morgan fingerprint density at radius 1 is 1.36 bits per heavy atom. The van der Waals surface area contributed by atoms with Crippen LogP contribution in [0.1, 0.15) is 12.1 Å². The molecule has 6 heteroatoms. The molecular weight excluding hydrogens is 216 g/mol. The molecule has 0 unspecified atom stereocenters. The molecule has 1 rings (SSSR count). The molecule has 0 fully saturated rings. The molecule has 0 spiro atoms. The van der Waals surface area contributed by atoms with Gasteiger partial charge in [-0.05, 0) is 6.07 Å². The lowest BCUT2D eigenvalue weighted by Crippen LogP contribution is -1.98. The van der Waals surface area contributed by atoms with Gasteiger partial charge in [0.05, 0.1) is 19.2 Å². The maximum Gasteiger partial charge on any atom is 0.280 e. The van der Waals surface area contributed by atoms with E-state index in [2.05, 4.69) is 4.98 Å². The first-order valence-corrected chi connectivity index (χ1v) is 4.04. The summed E-state index contributed by atoms with van der Waals surface area (Å²) in [5.74, 6) is 0.105. The molecule has 1 aromatic rings. The van der Waals surface area contributed by atoms with E-state index >= 15 is 0 Å². The Labute approximate surface area is 84.6 Å². The van der Waals surface area contributed by atoms with E-state index in [0.29, 0.717) is 0 Å². The van der Waals surface area contributed by atoms with Gasteiger partial charge < -0.3 is 9.47 Å². The predicted octanol–water partition coefficient (Wildman–Crippen LogP) is 2.69. The smallest absolute Gasteiger partial charge is 0.280 e. The Morgan fingerprint density at radius 3 is 2.43 bits per heavy atom. The minimum atomic E-state index is -2.69. The van der Waals surface area contributed by atoms with Crippen LogP contribution >= 0.6 is 11.6 Å². The Kier molecular flexibility index (Phi) is 3.46. The predicted molar refractivity (Wildman–Crippen MR) is 47.3 cm³/mol. The van der Waals surface area contributed by atoms with Crippen molar-refractivity contribution in [3.63, 3.8) is 0 Å². The van der Waals surface area contributed by atoms with Crippen LogP contribution in [0.5, 0.6) is 11.6 Å². The van der Waals surface area contributed by atoms with E-state index in [1.165, 1.54) is 14.2 Å². The molecule has 0 radical (unpaired) electrons. The van der Waals surface area contributed by atoms with Gasteiger partial charge in [-0.1, -0.05) is 11.6 Å². The summed E-state index contributed by atoms with van der Waals surface area (Å²) >= 11 is 5.68. The molecule has 0 atom stereocenters. The highest BCUT2D eigenvalue weighted by atomic mass is 35.5. The molecule has 0 saturated heterocycles. The summed E-state index contributed by atoms with van der Waals surface area (Å²) in [5.41, 5.74) is -0.437. The summed E-state index contributed by atoms with van der Waals surface area (Å²) in [7, 11) is 2.66. The van der Waals surface area contributed by atoms with Crippen molar-refractivity contribution in [3.05, 3.63) is 16.8 Å². The zero-order valence-corrected chi connectivity index (χ0v) is 8.31. The third-order valence-electron chi connectivity index (χ3n) is 1.54. The van der Waals surface area contributed by atoms with Gasteiger partial charge in [0.25, 0.3) is 12.3 Å². The summed E-state index contributed by atoms with van der Waals surface area (Å²) in [5, 5.41) is 0.0506. The van der Waals surface area contributed by atoms with E-state index in [4.69, 9.17) is 21.1 Å². The van der Waals surface area contributed by atoms with Gasteiger partial charge in [-0.3, -0.25) is 0 Å². The fourth-order valence-electron chi connectivity index (χ4n) is 0.933. The Bertz CT molecular complexity index is 333. The summed E-state index contributed by atoms with van der Waals surface area (Å²) in [6.45, 7) is 0. The lowest BCUT2D eigenvalue weighted by molar-refractivity contribution is 0.144. The fourth-order valence-corrected chi connectivity index (χ4v) is 1.20. The number of rotatable bonds is 3. The Morgan fingerprint density at radius 2 is 2.00 bits per heavy atom. The molecule has 14 heavy (non-hydrogen) atoms. The zero-order chi connectivity index (χ0) is 10.7. The summed E-state index contributed by atoms with van der Waals surface area (Å²) in [4.78, 5) is 3.54. The van der Waals surface area contributed by atoms with Gasteiger partial charge in [-0.15, -0.1) is 0 Å². The van der Waals surface area contributed by atoms with Crippen molar-refractivity contribution >= 4 is 11.6 Å². The first-order valence-electron chi connectivity index (χ1n) is 3.66. The van der Waals surface area contributed by atoms with Crippen molar-refractivity contribution in [1.29, 1.82) is 0 Å². The second-order valence-electron chi connectivity index (χ2n) is 2.37. The quantitative estimate of drug-likeness (QED) is 0.790. The summed E-state index contributed by atoms with van der Waals surface area (Å²) in [6, 6.07) is 1.05. The third kappa shape index (κ3) is 2.04. The monoisotopic (exact) mass is 223 g/mol. The highest BCUT2D eigenvalue weighted by molar-refractivity contribution is 6.32. The van der Waals surface area contributed by atoms with E-state index < -0.39 is 12.1 Å². The second kappa shape index (κ2) is 4.41. The van der Waals surface area contributed by atoms with Gasteiger partial charge in [0.15, 0.2) is 5.75 Å². The molecule has 0 saturated carbocycles. The Hall–Kier alpha value is -1.10. The van der Waals surface area contributed by atoms with Gasteiger partial charge in [0, 0.05) is 0 Å². The fraction of sp³-hybridized carbons (Fsp3) is 0.375.